The van der Waals surface area contributed by atoms with Gasteiger partial charge in [-0.2, -0.15) is 5.10 Å². The van der Waals surface area contributed by atoms with Crippen molar-refractivity contribution in [2.24, 2.45) is 0 Å². The van der Waals surface area contributed by atoms with Crippen molar-refractivity contribution in [3.05, 3.63) is 40.5 Å². The zero-order chi connectivity index (χ0) is 24.7. The van der Waals surface area contributed by atoms with Gasteiger partial charge < -0.3 is 15.0 Å². The lowest BCUT2D eigenvalue weighted by Gasteiger charge is -2.21. The Hall–Kier alpha value is -2.92. The van der Waals surface area contributed by atoms with E-state index in [1.165, 1.54) is 11.3 Å². The summed E-state index contributed by atoms with van der Waals surface area (Å²) in [6.07, 6.45) is 2.20. The minimum Gasteiger partial charge on any atom is -0.447 e. The molecule has 0 unspecified atom stereocenters. The highest BCUT2D eigenvalue weighted by atomic mass is 32.2. The van der Waals surface area contributed by atoms with E-state index < -0.39 is 9.84 Å². The van der Waals surface area contributed by atoms with Gasteiger partial charge in [-0.15, -0.1) is 11.3 Å². The van der Waals surface area contributed by atoms with E-state index in [2.05, 4.69) is 15.5 Å². The highest BCUT2D eigenvalue weighted by Gasteiger charge is 2.39. The molecule has 1 saturated carbocycles. The highest BCUT2D eigenvalue weighted by Crippen LogP contribution is 2.41. The van der Waals surface area contributed by atoms with Crippen LogP contribution in [-0.4, -0.2) is 59.0 Å². The summed E-state index contributed by atoms with van der Waals surface area (Å²) in [5.74, 6) is 0.631. The molecule has 0 saturated heterocycles. The molecular formula is C24H29N5O4S2. The molecule has 3 aromatic rings. The predicted molar refractivity (Wildman–Crippen MR) is 135 cm³/mol. The number of amides is 1. The van der Waals surface area contributed by atoms with Crippen molar-refractivity contribution in [1.29, 1.82) is 0 Å². The quantitative estimate of drug-likeness (QED) is 0.497. The van der Waals surface area contributed by atoms with E-state index in [1.54, 1.807) is 11.0 Å². The lowest BCUT2D eigenvalue weighted by Crippen LogP contribution is -2.35. The summed E-state index contributed by atoms with van der Waals surface area (Å²) in [7, 11) is -3.47. The Kier molecular flexibility index (Phi) is 6.30. The third-order valence-corrected chi connectivity index (χ3v) is 9.55. The number of H-pyrrole nitrogens is 1. The van der Waals surface area contributed by atoms with E-state index in [9.17, 15) is 13.2 Å². The molecule has 186 valence electrons. The number of hydrogen-bond acceptors (Lipinski definition) is 8. The van der Waals surface area contributed by atoms with Crippen LogP contribution in [0.3, 0.4) is 0 Å². The predicted octanol–water partition coefficient (Wildman–Crippen LogP) is 4.47. The molecule has 0 spiro atoms. The first-order chi connectivity index (χ1) is 16.7. The number of thiazole rings is 1. The molecule has 1 aliphatic carbocycles. The van der Waals surface area contributed by atoms with Crippen LogP contribution in [0, 0.1) is 6.92 Å². The van der Waals surface area contributed by atoms with E-state index in [-0.39, 0.29) is 17.4 Å². The molecule has 1 fully saturated rings. The average Bonchev–Trinajstić information content (AvgIpc) is 3.53. The largest absolute Gasteiger partial charge is 0.447 e. The molecular weight excluding hydrogens is 486 g/mol. The normalized spacial score (nSPS) is 16.2. The summed E-state index contributed by atoms with van der Waals surface area (Å²) >= 11 is 1.51. The van der Waals surface area contributed by atoms with E-state index >= 15 is 0 Å². The van der Waals surface area contributed by atoms with Gasteiger partial charge in [-0.05, 0) is 51.8 Å². The van der Waals surface area contributed by atoms with Gasteiger partial charge in [0.15, 0.2) is 15.7 Å². The standard InChI is InChI=1S/C24H29N5O4S2/c1-14(2)33-24(30)29-10-8-19-20(9-11-29)34-23(26-19)18-7-4-16(25-22-12-15(3)27-28-22)13-21(18)35(31,32)17-5-6-17/h4,7,12-14,17H,5-6,8-11H2,1-3H3,(H2,25,27,28). The smallest absolute Gasteiger partial charge is 0.410 e. The van der Waals surface area contributed by atoms with E-state index in [1.807, 2.05) is 39.0 Å². The number of benzene rings is 1. The fourth-order valence-electron chi connectivity index (χ4n) is 4.14. The number of aromatic amines is 1. The van der Waals surface area contributed by atoms with Gasteiger partial charge in [0.2, 0.25) is 0 Å². The molecule has 35 heavy (non-hydrogen) atoms. The summed E-state index contributed by atoms with van der Waals surface area (Å²) in [6.45, 7) is 6.66. The number of aryl methyl sites for hydroxylation is 1. The van der Waals surface area contributed by atoms with Gasteiger partial charge in [-0.3, -0.25) is 5.10 Å². The first-order valence-corrected chi connectivity index (χ1v) is 14.2. The summed E-state index contributed by atoms with van der Waals surface area (Å²) in [4.78, 5) is 20.3. The van der Waals surface area contributed by atoms with Gasteiger partial charge in [0.1, 0.15) is 5.01 Å². The molecule has 1 aromatic carbocycles. The van der Waals surface area contributed by atoms with Crippen LogP contribution in [0.2, 0.25) is 0 Å². The van der Waals surface area contributed by atoms with Crippen molar-refractivity contribution in [3.8, 4) is 10.6 Å². The maximum atomic E-state index is 13.4. The lowest BCUT2D eigenvalue weighted by atomic mass is 10.2. The molecule has 0 bridgehead atoms. The Morgan fingerprint density at radius 1 is 1.23 bits per heavy atom. The number of rotatable bonds is 6. The lowest BCUT2D eigenvalue weighted by molar-refractivity contribution is 0.0781. The minimum atomic E-state index is -3.47. The van der Waals surface area contributed by atoms with Crippen molar-refractivity contribution in [1.82, 2.24) is 20.1 Å². The number of sulfone groups is 1. The fraction of sp³-hybridized carbons (Fsp3) is 0.458. The molecule has 9 nitrogen and oxygen atoms in total. The highest BCUT2D eigenvalue weighted by molar-refractivity contribution is 7.92. The summed E-state index contributed by atoms with van der Waals surface area (Å²) in [6, 6.07) is 7.26. The molecule has 0 radical (unpaired) electrons. The summed E-state index contributed by atoms with van der Waals surface area (Å²) in [5, 5.41) is 10.6. The van der Waals surface area contributed by atoms with E-state index in [0.717, 1.165) is 16.3 Å². The van der Waals surface area contributed by atoms with Crippen molar-refractivity contribution in [2.45, 2.75) is 62.7 Å². The number of ether oxygens (including phenoxy) is 1. The number of carbonyl (C=O) groups is 1. The molecule has 1 amide bonds. The van der Waals surface area contributed by atoms with Gasteiger partial charge in [-0.25, -0.2) is 18.2 Å². The van der Waals surface area contributed by atoms with Gasteiger partial charge in [0.05, 0.1) is 21.9 Å². The van der Waals surface area contributed by atoms with Gasteiger partial charge in [-0.1, -0.05) is 0 Å². The number of anilines is 2. The number of hydrogen-bond donors (Lipinski definition) is 2. The van der Waals surface area contributed by atoms with Crippen molar-refractivity contribution in [2.75, 3.05) is 18.4 Å². The zero-order valence-electron chi connectivity index (χ0n) is 20.0. The first-order valence-electron chi connectivity index (χ1n) is 11.8. The Morgan fingerprint density at radius 2 is 2.00 bits per heavy atom. The third-order valence-electron chi connectivity index (χ3n) is 6.06. The average molecular weight is 516 g/mol. The first kappa shape index (κ1) is 23.8. The second-order valence-electron chi connectivity index (χ2n) is 9.32. The SMILES string of the molecule is Cc1cc(Nc2ccc(-c3nc4c(s3)CCN(C(=O)OC(C)C)CC4)c(S(=O)(=O)C3CC3)c2)n[nH]1. The maximum absolute atomic E-state index is 13.4. The second-order valence-corrected chi connectivity index (χ2v) is 12.6. The van der Waals surface area contributed by atoms with Crippen LogP contribution >= 0.6 is 11.3 Å². The van der Waals surface area contributed by atoms with Crippen LogP contribution in [0.25, 0.3) is 10.6 Å². The molecule has 11 heteroatoms. The topological polar surface area (TPSA) is 117 Å². The summed E-state index contributed by atoms with van der Waals surface area (Å²) < 4.78 is 32.1. The monoisotopic (exact) mass is 515 g/mol. The van der Waals surface area contributed by atoms with E-state index in [0.29, 0.717) is 65.7 Å². The van der Waals surface area contributed by atoms with Gasteiger partial charge in [0, 0.05) is 53.8 Å². The van der Waals surface area contributed by atoms with Crippen LogP contribution in [0.4, 0.5) is 16.3 Å². The number of nitrogens with zero attached hydrogens (tertiary/aromatic N) is 3. The van der Waals surface area contributed by atoms with Crippen molar-refractivity contribution in [3.63, 3.8) is 0 Å². The van der Waals surface area contributed by atoms with Crippen LogP contribution in [0.15, 0.2) is 29.2 Å². The fourth-order valence-corrected chi connectivity index (χ4v) is 7.22. The Morgan fingerprint density at radius 3 is 2.69 bits per heavy atom. The number of carbonyl (C=O) groups excluding carboxylic acids is 1. The van der Waals surface area contributed by atoms with Crippen molar-refractivity contribution >= 4 is 38.8 Å². The second kappa shape index (κ2) is 9.27. The Balaban J connectivity index is 1.44. The van der Waals surface area contributed by atoms with Crippen LogP contribution in [-0.2, 0) is 27.4 Å². The molecule has 5 rings (SSSR count). The Labute approximate surface area is 208 Å². The molecule has 2 N–H and O–H groups in total. The van der Waals surface area contributed by atoms with Crippen LogP contribution < -0.4 is 5.32 Å². The van der Waals surface area contributed by atoms with Crippen LogP contribution in [0.5, 0.6) is 0 Å². The molecule has 0 atom stereocenters. The maximum Gasteiger partial charge on any atom is 0.410 e. The summed E-state index contributed by atoms with van der Waals surface area (Å²) in [5.41, 5.74) is 3.13. The number of aromatic nitrogens is 3. The van der Waals surface area contributed by atoms with Gasteiger partial charge in [0.25, 0.3) is 0 Å². The number of nitrogens with one attached hydrogen (secondary N) is 2. The van der Waals surface area contributed by atoms with E-state index in [4.69, 9.17) is 9.72 Å². The molecule has 3 heterocycles. The molecule has 2 aromatic heterocycles. The minimum absolute atomic E-state index is 0.161. The Bertz CT molecular complexity index is 1330. The number of fused-ring (bicyclic) bond motifs is 1. The van der Waals surface area contributed by atoms with Gasteiger partial charge >= 0.3 is 6.09 Å². The zero-order valence-corrected chi connectivity index (χ0v) is 21.6. The van der Waals surface area contributed by atoms with Crippen molar-refractivity contribution < 1.29 is 17.9 Å². The van der Waals surface area contributed by atoms with Crippen LogP contribution in [0.1, 0.15) is 43.0 Å². The third kappa shape index (κ3) is 5.06. The molecule has 1 aliphatic heterocycles. The molecule has 2 aliphatic rings.